The van der Waals surface area contributed by atoms with E-state index in [1.165, 1.54) is 28.2 Å². The van der Waals surface area contributed by atoms with Gasteiger partial charge in [-0.2, -0.15) is 0 Å². The van der Waals surface area contributed by atoms with Gasteiger partial charge in [0.25, 0.3) is 11.1 Å². The molecule has 0 radical (unpaired) electrons. The molecule has 6 heteroatoms. The molecule has 1 fully saturated rings. The summed E-state index contributed by atoms with van der Waals surface area (Å²) in [6, 6.07) is 14.2. The Hall–Kier alpha value is -3.12. The second-order valence-electron chi connectivity index (χ2n) is 7.85. The van der Waals surface area contributed by atoms with Crippen LogP contribution in [-0.4, -0.2) is 20.6 Å². The first-order valence-electron chi connectivity index (χ1n) is 10.0. The molecule has 0 atom stereocenters. The second kappa shape index (κ2) is 8.19. The molecule has 1 aliphatic rings. The van der Waals surface area contributed by atoms with Crippen LogP contribution in [0.1, 0.15) is 33.6 Å². The zero-order chi connectivity index (χ0) is 22.3. The van der Waals surface area contributed by atoms with Crippen LogP contribution in [0.3, 0.4) is 0 Å². The molecule has 0 spiro atoms. The van der Waals surface area contributed by atoms with Crippen LogP contribution in [-0.2, 0) is 11.3 Å². The first-order chi connectivity index (χ1) is 14.7. The van der Waals surface area contributed by atoms with E-state index in [0.29, 0.717) is 10.5 Å². The Bertz CT molecular complexity index is 1230. The minimum absolute atomic E-state index is 0.129. The van der Waals surface area contributed by atoms with E-state index < -0.39 is 0 Å². The number of hydrogen-bond acceptors (Lipinski definition) is 3. The maximum absolute atomic E-state index is 13.1. The maximum Gasteiger partial charge on any atom is 0.293 e. The summed E-state index contributed by atoms with van der Waals surface area (Å²) in [4.78, 5) is 26.9. The van der Waals surface area contributed by atoms with E-state index in [2.05, 4.69) is 36.6 Å². The van der Waals surface area contributed by atoms with Crippen molar-refractivity contribution in [2.75, 3.05) is 0 Å². The van der Waals surface area contributed by atoms with Crippen molar-refractivity contribution in [3.63, 3.8) is 0 Å². The summed E-state index contributed by atoms with van der Waals surface area (Å²) in [6.45, 7) is 8.33. The zero-order valence-corrected chi connectivity index (χ0v) is 18.7. The average Bonchev–Trinajstić information content (AvgIpc) is 3.14. The Kier molecular flexibility index (Phi) is 5.58. The molecule has 3 aromatic rings. The highest BCUT2D eigenvalue weighted by atomic mass is 32.2. The van der Waals surface area contributed by atoms with Gasteiger partial charge in [-0.1, -0.05) is 29.8 Å². The van der Waals surface area contributed by atoms with E-state index in [4.69, 9.17) is 0 Å². The van der Waals surface area contributed by atoms with E-state index in [1.807, 2.05) is 19.9 Å². The van der Waals surface area contributed by atoms with Crippen LogP contribution in [0.25, 0.3) is 11.8 Å². The number of imide groups is 1. The van der Waals surface area contributed by atoms with Gasteiger partial charge in [0.1, 0.15) is 5.82 Å². The lowest BCUT2D eigenvalue weighted by atomic mass is 10.1. The lowest BCUT2D eigenvalue weighted by molar-refractivity contribution is -0.123. The summed E-state index contributed by atoms with van der Waals surface area (Å²) in [6.07, 6.45) is 1.79. The highest BCUT2D eigenvalue weighted by molar-refractivity contribution is 8.18. The van der Waals surface area contributed by atoms with Crippen molar-refractivity contribution in [1.82, 2.24) is 9.47 Å². The Morgan fingerprint density at radius 3 is 2.35 bits per heavy atom. The van der Waals surface area contributed by atoms with E-state index in [9.17, 15) is 14.0 Å². The number of halogens is 1. The highest BCUT2D eigenvalue weighted by Gasteiger charge is 2.35. The predicted octanol–water partition coefficient (Wildman–Crippen LogP) is 6.09. The third-order valence-corrected chi connectivity index (χ3v) is 6.39. The van der Waals surface area contributed by atoms with Gasteiger partial charge in [-0.3, -0.25) is 14.5 Å². The lowest BCUT2D eigenvalue weighted by Gasteiger charge is -2.13. The Balaban J connectivity index is 1.64. The van der Waals surface area contributed by atoms with Gasteiger partial charge < -0.3 is 4.57 Å². The number of nitrogens with zero attached hydrogens (tertiary/aromatic N) is 2. The lowest BCUT2D eigenvalue weighted by Crippen LogP contribution is -2.27. The van der Waals surface area contributed by atoms with Crippen molar-refractivity contribution in [3.8, 4) is 5.69 Å². The summed E-state index contributed by atoms with van der Waals surface area (Å²) >= 11 is 0.939. The van der Waals surface area contributed by atoms with E-state index >= 15 is 0 Å². The summed E-state index contributed by atoms with van der Waals surface area (Å²) in [7, 11) is 0. The minimum atomic E-state index is -0.350. The van der Waals surface area contributed by atoms with Gasteiger partial charge in [0.05, 0.1) is 11.4 Å². The normalized spacial score (nSPS) is 15.4. The van der Waals surface area contributed by atoms with E-state index in [-0.39, 0.29) is 23.5 Å². The molecule has 0 saturated carbocycles. The molecular weight excluding hydrogens is 411 g/mol. The standard InChI is InChI=1S/C25H23FN2O2S/c1-15-5-10-22(16(2)11-15)28-17(3)12-20(18(28)4)13-23-24(29)27(25(30)31-23)14-19-6-8-21(26)9-7-19/h5-13H,14H2,1-4H3/b23-13+. The highest BCUT2D eigenvalue weighted by Crippen LogP contribution is 2.35. The minimum Gasteiger partial charge on any atom is -0.318 e. The van der Waals surface area contributed by atoms with Crippen LogP contribution in [0.2, 0.25) is 0 Å². The topological polar surface area (TPSA) is 42.3 Å². The number of thioether (sulfide) groups is 1. The third-order valence-electron chi connectivity index (χ3n) is 5.48. The molecule has 0 aliphatic carbocycles. The molecule has 1 saturated heterocycles. The summed E-state index contributed by atoms with van der Waals surface area (Å²) in [5, 5.41) is -0.316. The number of amides is 2. The maximum atomic E-state index is 13.1. The third kappa shape index (κ3) is 4.08. The van der Waals surface area contributed by atoms with E-state index in [0.717, 1.165) is 34.4 Å². The largest absolute Gasteiger partial charge is 0.318 e. The molecule has 0 unspecified atom stereocenters. The first-order valence-corrected chi connectivity index (χ1v) is 10.8. The molecule has 4 rings (SSSR count). The monoisotopic (exact) mass is 434 g/mol. The van der Waals surface area contributed by atoms with Crippen molar-refractivity contribution in [1.29, 1.82) is 0 Å². The molecule has 1 aliphatic heterocycles. The molecule has 1 aromatic heterocycles. The molecule has 0 N–H and O–H groups in total. The Morgan fingerprint density at radius 1 is 0.968 bits per heavy atom. The number of rotatable bonds is 4. The molecule has 158 valence electrons. The van der Waals surface area contributed by atoms with Gasteiger partial charge >= 0.3 is 0 Å². The van der Waals surface area contributed by atoms with Gasteiger partial charge in [-0.15, -0.1) is 0 Å². The number of hydrogen-bond donors (Lipinski definition) is 0. The van der Waals surface area contributed by atoms with Crippen LogP contribution in [0.5, 0.6) is 0 Å². The molecule has 2 amide bonds. The molecular formula is C25H23FN2O2S. The fourth-order valence-electron chi connectivity index (χ4n) is 3.91. The van der Waals surface area contributed by atoms with Gasteiger partial charge in [0, 0.05) is 17.1 Å². The number of carbonyl (C=O) groups excluding carboxylic acids is 2. The smallest absolute Gasteiger partial charge is 0.293 e. The summed E-state index contributed by atoms with van der Waals surface area (Å²) in [5.74, 6) is -0.674. The SMILES string of the molecule is Cc1ccc(-n2c(C)cc(/C=C3/SC(=O)N(Cc4ccc(F)cc4)C3=O)c2C)c(C)c1. The number of benzene rings is 2. The van der Waals surface area contributed by atoms with E-state index in [1.54, 1.807) is 18.2 Å². The van der Waals surface area contributed by atoms with Crippen molar-refractivity contribution in [2.24, 2.45) is 0 Å². The van der Waals surface area contributed by atoms with Crippen LogP contribution in [0, 0.1) is 33.5 Å². The van der Waals surface area contributed by atoms with Crippen molar-refractivity contribution >= 4 is 29.0 Å². The second-order valence-corrected chi connectivity index (χ2v) is 8.84. The van der Waals surface area contributed by atoms with Crippen LogP contribution >= 0.6 is 11.8 Å². The molecule has 2 heterocycles. The predicted molar refractivity (Wildman–Crippen MR) is 123 cm³/mol. The van der Waals surface area contributed by atoms with Gasteiger partial charge in [0.15, 0.2) is 0 Å². The van der Waals surface area contributed by atoms with Crippen LogP contribution < -0.4 is 0 Å². The molecule has 0 bridgehead atoms. The Labute approximate surface area is 185 Å². The Morgan fingerprint density at radius 2 is 1.68 bits per heavy atom. The van der Waals surface area contributed by atoms with Crippen molar-refractivity contribution in [3.05, 3.63) is 92.9 Å². The fourth-order valence-corrected chi connectivity index (χ4v) is 4.74. The van der Waals surface area contributed by atoms with Gasteiger partial charge in [-0.05, 0) is 86.5 Å². The average molecular weight is 435 g/mol. The molecule has 31 heavy (non-hydrogen) atoms. The number of aromatic nitrogens is 1. The van der Waals surface area contributed by atoms with Crippen LogP contribution in [0.4, 0.5) is 9.18 Å². The fraction of sp³-hybridized carbons (Fsp3) is 0.200. The van der Waals surface area contributed by atoms with Crippen molar-refractivity contribution < 1.29 is 14.0 Å². The van der Waals surface area contributed by atoms with Gasteiger partial charge in [-0.25, -0.2) is 4.39 Å². The number of carbonyl (C=O) groups is 2. The summed E-state index contributed by atoms with van der Waals surface area (Å²) < 4.78 is 15.3. The van der Waals surface area contributed by atoms with Crippen molar-refractivity contribution in [2.45, 2.75) is 34.2 Å². The quantitative estimate of drug-likeness (QED) is 0.467. The summed E-state index contributed by atoms with van der Waals surface area (Å²) in [5.41, 5.74) is 7.16. The van der Waals surface area contributed by atoms with Gasteiger partial charge in [0.2, 0.25) is 0 Å². The molecule has 4 nitrogen and oxygen atoms in total. The first kappa shape index (κ1) is 21.1. The number of aryl methyl sites for hydroxylation is 3. The molecule has 2 aromatic carbocycles. The van der Waals surface area contributed by atoms with Crippen LogP contribution in [0.15, 0.2) is 53.4 Å². The zero-order valence-electron chi connectivity index (χ0n) is 17.9.